The van der Waals surface area contributed by atoms with Gasteiger partial charge in [-0.25, -0.2) is 4.98 Å². The minimum atomic E-state index is 0.298. The second kappa shape index (κ2) is 7.56. The number of fused-ring (bicyclic) bond motifs is 1. The summed E-state index contributed by atoms with van der Waals surface area (Å²) < 4.78 is 5.53. The molecule has 2 saturated heterocycles. The molecule has 2 aliphatic heterocycles. The molecule has 2 unspecified atom stereocenters. The fourth-order valence-corrected chi connectivity index (χ4v) is 4.11. The van der Waals surface area contributed by atoms with Gasteiger partial charge in [0.2, 0.25) is 5.91 Å². The largest absolute Gasteiger partial charge is 0.381 e. The highest BCUT2D eigenvalue weighted by atomic mass is 16.5. The van der Waals surface area contributed by atoms with Crippen molar-refractivity contribution in [3.05, 3.63) is 30.1 Å². The Morgan fingerprint density at radius 1 is 1.28 bits per heavy atom. The highest BCUT2D eigenvalue weighted by molar-refractivity contribution is 5.77. The molecular formula is C20H27N3O2. The number of aromatic nitrogens is 2. The minimum absolute atomic E-state index is 0.298. The molecule has 3 heterocycles. The van der Waals surface area contributed by atoms with Crippen molar-refractivity contribution in [3.63, 3.8) is 0 Å². The Balaban J connectivity index is 1.35. The maximum absolute atomic E-state index is 12.6. The Morgan fingerprint density at radius 3 is 3.04 bits per heavy atom. The first kappa shape index (κ1) is 16.6. The lowest BCUT2D eigenvalue weighted by Gasteiger charge is -2.32. The van der Waals surface area contributed by atoms with Gasteiger partial charge in [0, 0.05) is 38.6 Å². The van der Waals surface area contributed by atoms with Crippen LogP contribution in [0, 0.1) is 5.92 Å². The van der Waals surface area contributed by atoms with Crippen LogP contribution in [0.2, 0.25) is 0 Å². The SMILES string of the molecule is O=C(CCC1CCCOC1)N1CCCC(c2nc3ccccc3[nH]2)C1. The summed E-state index contributed by atoms with van der Waals surface area (Å²) >= 11 is 0. The third-order valence-corrected chi connectivity index (χ3v) is 5.59. The van der Waals surface area contributed by atoms with Crippen molar-refractivity contribution in [2.24, 2.45) is 5.92 Å². The van der Waals surface area contributed by atoms with Crippen LogP contribution in [0.1, 0.15) is 50.3 Å². The zero-order valence-corrected chi connectivity index (χ0v) is 14.7. The summed E-state index contributed by atoms with van der Waals surface area (Å²) in [4.78, 5) is 22.9. The standard InChI is InChI=1S/C20H27N3O2/c24-19(10-9-15-5-4-12-25-14-15)23-11-3-6-16(13-23)20-21-17-7-1-2-8-18(17)22-20/h1-2,7-8,15-16H,3-6,9-14H2,(H,21,22). The van der Waals surface area contributed by atoms with Crippen LogP contribution in [-0.4, -0.2) is 47.1 Å². The van der Waals surface area contributed by atoms with Gasteiger partial charge in [0.05, 0.1) is 11.0 Å². The lowest BCUT2D eigenvalue weighted by molar-refractivity contribution is -0.133. The molecule has 4 rings (SSSR count). The van der Waals surface area contributed by atoms with Crippen molar-refractivity contribution in [2.45, 2.75) is 44.4 Å². The molecule has 1 aromatic carbocycles. The molecule has 0 spiro atoms. The van der Waals surface area contributed by atoms with E-state index in [2.05, 4.69) is 11.1 Å². The predicted octanol–water partition coefficient (Wildman–Crippen LogP) is 3.48. The number of carbonyl (C=O) groups is 1. The number of piperidine rings is 1. The van der Waals surface area contributed by atoms with Crippen LogP contribution in [0.15, 0.2) is 24.3 Å². The summed E-state index contributed by atoms with van der Waals surface area (Å²) in [5, 5.41) is 0. The van der Waals surface area contributed by atoms with Gasteiger partial charge in [0.15, 0.2) is 0 Å². The normalized spacial score (nSPS) is 24.6. The van der Waals surface area contributed by atoms with Crippen LogP contribution in [0.4, 0.5) is 0 Å². The molecule has 5 nitrogen and oxygen atoms in total. The number of H-pyrrole nitrogens is 1. The average molecular weight is 341 g/mol. The number of rotatable bonds is 4. The summed E-state index contributed by atoms with van der Waals surface area (Å²) in [6, 6.07) is 8.13. The molecule has 25 heavy (non-hydrogen) atoms. The van der Waals surface area contributed by atoms with Gasteiger partial charge in [0.1, 0.15) is 5.82 Å². The molecule has 2 aromatic rings. The Hall–Kier alpha value is -1.88. The van der Waals surface area contributed by atoms with Crippen LogP contribution in [0.3, 0.4) is 0 Å². The van der Waals surface area contributed by atoms with Gasteiger partial charge in [-0.05, 0) is 50.2 Å². The van der Waals surface area contributed by atoms with Crippen LogP contribution in [0.25, 0.3) is 11.0 Å². The van der Waals surface area contributed by atoms with E-state index in [9.17, 15) is 4.79 Å². The molecular weight excluding hydrogens is 314 g/mol. The van der Waals surface area contributed by atoms with Crippen LogP contribution < -0.4 is 0 Å². The predicted molar refractivity (Wildman–Crippen MR) is 97.4 cm³/mol. The van der Waals surface area contributed by atoms with E-state index >= 15 is 0 Å². The monoisotopic (exact) mass is 341 g/mol. The van der Waals surface area contributed by atoms with Crippen LogP contribution in [-0.2, 0) is 9.53 Å². The van der Waals surface area contributed by atoms with Gasteiger partial charge < -0.3 is 14.6 Å². The van der Waals surface area contributed by atoms with E-state index in [0.717, 1.165) is 68.8 Å². The highest BCUT2D eigenvalue weighted by Gasteiger charge is 2.27. The Bertz CT molecular complexity index is 688. The molecule has 0 bridgehead atoms. The van der Waals surface area contributed by atoms with Gasteiger partial charge in [0.25, 0.3) is 0 Å². The van der Waals surface area contributed by atoms with E-state index in [-0.39, 0.29) is 0 Å². The van der Waals surface area contributed by atoms with Crippen molar-refractivity contribution in [2.75, 3.05) is 26.3 Å². The number of para-hydroxylation sites is 2. The van der Waals surface area contributed by atoms with E-state index in [4.69, 9.17) is 9.72 Å². The van der Waals surface area contributed by atoms with Crippen molar-refractivity contribution in [1.29, 1.82) is 0 Å². The number of imidazole rings is 1. The Labute approximate surface area is 148 Å². The fourth-order valence-electron chi connectivity index (χ4n) is 4.11. The minimum Gasteiger partial charge on any atom is -0.381 e. The summed E-state index contributed by atoms with van der Waals surface area (Å²) in [7, 11) is 0. The summed E-state index contributed by atoms with van der Waals surface area (Å²) in [5.74, 6) is 2.21. The third-order valence-electron chi connectivity index (χ3n) is 5.59. The number of hydrogen-bond acceptors (Lipinski definition) is 3. The number of carbonyl (C=O) groups excluding carboxylic acids is 1. The second-order valence-electron chi connectivity index (χ2n) is 7.44. The number of amides is 1. The molecule has 1 amide bonds. The number of likely N-dealkylation sites (tertiary alicyclic amines) is 1. The van der Waals surface area contributed by atoms with Crippen molar-refractivity contribution < 1.29 is 9.53 Å². The van der Waals surface area contributed by atoms with Gasteiger partial charge in [-0.15, -0.1) is 0 Å². The molecule has 1 aromatic heterocycles. The number of ether oxygens (including phenoxy) is 1. The summed E-state index contributed by atoms with van der Waals surface area (Å²) in [6.07, 6.45) is 6.11. The molecule has 1 N–H and O–H groups in total. The first-order valence-electron chi connectivity index (χ1n) is 9.60. The third kappa shape index (κ3) is 3.87. The zero-order valence-electron chi connectivity index (χ0n) is 14.7. The second-order valence-corrected chi connectivity index (χ2v) is 7.44. The number of benzene rings is 1. The maximum Gasteiger partial charge on any atom is 0.222 e. The molecule has 5 heteroatoms. The zero-order chi connectivity index (χ0) is 17.1. The number of aromatic amines is 1. The van der Waals surface area contributed by atoms with E-state index < -0.39 is 0 Å². The van der Waals surface area contributed by atoms with E-state index in [1.807, 2.05) is 23.1 Å². The van der Waals surface area contributed by atoms with E-state index in [1.54, 1.807) is 0 Å². The lowest BCUT2D eigenvalue weighted by Crippen LogP contribution is -2.39. The van der Waals surface area contributed by atoms with Crippen LogP contribution in [0.5, 0.6) is 0 Å². The maximum atomic E-state index is 12.6. The summed E-state index contributed by atoms with van der Waals surface area (Å²) in [5.41, 5.74) is 2.09. The Kier molecular flexibility index (Phi) is 5.02. The Morgan fingerprint density at radius 2 is 2.20 bits per heavy atom. The quantitative estimate of drug-likeness (QED) is 0.926. The first-order valence-corrected chi connectivity index (χ1v) is 9.60. The number of nitrogens with one attached hydrogen (secondary N) is 1. The highest BCUT2D eigenvalue weighted by Crippen LogP contribution is 2.28. The molecule has 2 aliphatic rings. The molecule has 0 aliphatic carbocycles. The van der Waals surface area contributed by atoms with E-state index in [1.165, 1.54) is 6.42 Å². The topological polar surface area (TPSA) is 58.2 Å². The number of hydrogen-bond donors (Lipinski definition) is 1. The molecule has 134 valence electrons. The molecule has 0 radical (unpaired) electrons. The fraction of sp³-hybridized carbons (Fsp3) is 0.600. The first-order chi connectivity index (χ1) is 12.3. The van der Waals surface area contributed by atoms with Crippen molar-refractivity contribution in [1.82, 2.24) is 14.9 Å². The van der Waals surface area contributed by atoms with Gasteiger partial charge in [-0.2, -0.15) is 0 Å². The van der Waals surface area contributed by atoms with Gasteiger partial charge >= 0.3 is 0 Å². The van der Waals surface area contributed by atoms with Crippen molar-refractivity contribution >= 4 is 16.9 Å². The van der Waals surface area contributed by atoms with Crippen LogP contribution >= 0.6 is 0 Å². The van der Waals surface area contributed by atoms with Gasteiger partial charge in [-0.1, -0.05) is 12.1 Å². The lowest BCUT2D eigenvalue weighted by atomic mass is 9.94. The summed E-state index contributed by atoms with van der Waals surface area (Å²) in [6.45, 7) is 3.39. The van der Waals surface area contributed by atoms with E-state index in [0.29, 0.717) is 24.2 Å². The molecule has 0 saturated carbocycles. The number of nitrogens with zero attached hydrogens (tertiary/aromatic N) is 2. The van der Waals surface area contributed by atoms with Gasteiger partial charge in [-0.3, -0.25) is 4.79 Å². The van der Waals surface area contributed by atoms with Crippen molar-refractivity contribution in [3.8, 4) is 0 Å². The molecule has 2 fully saturated rings. The molecule has 2 atom stereocenters. The average Bonchev–Trinajstić information content (AvgIpc) is 3.11. The smallest absolute Gasteiger partial charge is 0.222 e.